The molecule has 0 aliphatic carbocycles. The van der Waals surface area contributed by atoms with Crippen LogP contribution in [-0.4, -0.2) is 52.4 Å². The zero-order valence-corrected chi connectivity index (χ0v) is 14.2. The molecule has 3 N–H and O–H groups in total. The normalized spacial score (nSPS) is 19.5. The van der Waals surface area contributed by atoms with E-state index in [1.54, 1.807) is 31.2 Å². The van der Waals surface area contributed by atoms with Crippen LogP contribution in [0.5, 0.6) is 0 Å². The Hall–Kier alpha value is -3.16. The van der Waals surface area contributed by atoms with Gasteiger partial charge >= 0.3 is 5.97 Å². The van der Waals surface area contributed by atoms with Crippen LogP contribution in [0.25, 0.3) is 10.9 Å². The van der Waals surface area contributed by atoms with Crippen molar-refractivity contribution in [2.24, 2.45) is 5.41 Å². The van der Waals surface area contributed by atoms with Crippen molar-refractivity contribution >= 4 is 28.7 Å². The fraction of sp³-hybridized carbons (Fsp3) is 0.333. The molecule has 26 heavy (non-hydrogen) atoms. The van der Waals surface area contributed by atoms with E-state index in [1.807, 2.05) is 0 Å². The zero-order chi connectivity index (χ0) is 18.9. The van der Waals surface area contributed by atoms with Crippen LogP contribution in [0, 0.1) is 5.41 Å². The Morgan fingerprint density at radius 2 is 2.04 bits per heavy atom. The maximum Gasteiger partial charge on any atom is 0.311 e. The van der Waals surface area contributed by atoms with E-state index in [4.69, 9.17) is 0 Å². The summed E-state index contributed by atoms with van der Waals surface area (Å²) >= 11 is 0. The molecule has 1 saturated heterocycles. The SMILES string of the molecule is CC1(C(=O)O)CCN(C(=O)CNC(=O)c2c[nH]c3ccccc3c2=O)C1. The number of aromatic amines is 1. The van der Waals surface area contributed by atoms with Gasteiger partial charge in [-0.1, -0.05) is 12.1 Å². The molecule has 8 heteroatoms. The second kappa shape index (κ2) is 6.62. The number of carboxylic acid groups (broad SMARTS) is 1. The number of H-pyrrole nitrogens is 1. The Morgan fingerprint density at radius 1 is 1.31 bits per heavy atom. The number of fused-ring (bicyclic) bond motifs is 1. The molecule has 1 aromatic heterocycles. The number of hydrogen-bond donors (Lipinski definition) is 3. The minimum Gasteiger partial charge on any atom is -0.481 e. The predicted octanol–water partition coefficient (Wildman–Crippen LogP) is 0.581. The number of hydrogen-bond acceptors (Lipinski definition) is 4. The van der Waals surface area contributed by atoms with Crippen LogP contribution >= 0.6 is 0 Å². The molecular weight excluding hydrogens is 338 g/mol. The summed E-state index contributed by atoms with van der Waals surface area (Å²) in [5, 5.41) is 12.0. The summed E-state index contributed by atoms with van der Waals surface area (Å²) in [6.07, 6.45) is 1.69. The fourth-order valence-corrected chi connectivity index (χ4v) is 3.05. The Kier molecular flexibility index (Phi) is 4.50. The highest BCUT2D eigenvalue weighted by Gasteiger charge is 2.42. The number of benzene rings is 1. The molecule has 1 aromatic carbocycles. The van der Waals surface area contributed by atoms with E-state index in [9.17, 15) is 24.3 Å². The summed E-state index contributed by atoms with van der Waals surface area (Å²) in [5.74, 6) is -1.97. The van der Waals surface area contributed by atoms with Crippen molar-refractivity contribution in [2.45, 2.75) is 13.3 Å². The number of carboxylic acids is 1. The number of carbonyl (C=O) groups excluding carboxylic acids is 2. The standard InChI is InChI=1S/C18H19N3O5/c1-18(17(25)26)6-7-21(10-18)14(22)9-20-16(24)12-8-19-13-5-3-2-4-11(13)15(12)23/h2-5,8H,6-7,9-10H2,1H3,(H,19,23)(H,20,24)(H,25,26). The highest BCUT2D eigenvalue weighted by Crippen LogP contribution is 2.29. The van der Waals surface area contributed by atoms with Crippen molar-refractivity contribution in [3.8, 4) is 0 Å². The topological polar surface area (TPSA) is 120 Å². The molecule has 8 nitrogen and oxygen atoms in total. The van der Waals surface area contributed by atoms with Gasteiger partial charge in [0.1, 0.15) is 5.56 Å². The number of nitrogens with one attached hydrogen (secondary N) is 2. The van der Waals surface area contributed by atoms with E-state index in [0.29, 0.717) is 23.9 Å². The molecule has 2 aromatic rings. The lowest BCUT2D eigenvalue weighted by Gasteiger charge is -2.20. The largest absolute Gasteiger partial charge is 0.481 e. The number of rotatable bonds is 4. The van der Waals surface area contributed by atoms with Crippen LogP contribution in [0.1, 0.15) is 23.7 Å². The van der Waals surface area contributed by atoms with Gasteiger partial charge in [-0.25, -0.2) is 0 Å². The molecule has 1 unspecified atom stereocenters. The van der Waals surface area contributed by atoms with Gasteiger partial charge in [0.15, 0.2) is 0 Å². The highest BCUT2D eigenvalue weighted by molar-refractivity contribution is 5.98. The van der Waals surface area contributed by atoms with Gasteiger partial charge in [-0.2, -0.15) is 0 Å². The van der Waals surface area contributed by atoms with Crippen LogP contribution in [0.4, 0.5) is 0 Å². The van der Waals surface area contributed by atoms with Crippen LogP contribution < -0.4 is 10.7 Å². The second-order valence-electron chi connectivity index (χ2n) is 6.69. The van der Waals surface area contributed by atoms with Gasteiger partial charge in [0.05, 0.1) is 12.0 Å². The van der Waals surface area contributed by atoms with Crippen molar-refractivity contribution in [3.05, 3.63) is 46.2 Å². The van der Waals surface area contributed by atoms with E-state index in [1.165, 1.54) is 11.1 Å². The molecule has 136 valence electrons. The summed E-state index contributed by atoms with van der Waals surface area (Å²) in [6, 6.07) is 6.83. The molecule has 0 radical (unpaired) electrons. The first-order valence-corrected chi connectivity index (χ1v) is 8.22. The lowest BCUT2D eigenvalue weighted by molar-refractivity contribution is -0.147. The van der Waals surface area contributed by atoms with Gasteiger partial charge in [-0.15, -0.1) is 0 Å². The quantitative estimate of drug-likeness (QED) is 0.739. The van der Waals surface area contributed by atoms with Crippen molar-refractivity contribution < 1.29 is 19.5 Å². The average molecular weight is 357 g/mol. The lowest BCUT2D eigenvalue weighted by atomic mass is 9.90. The number of aliphatic carboxylic acids is 1. The van der Waals surface area contributed by atoms with Gasteiger partial charge < -0.3 is 20.3 Å². The van der Waals surface area contributed by atoms with Gasteiger partial charge in [-0.3, -0.25) is 19.2 Å². The Bertz CT molecular complexity index is 951. The Balaban J connectivity index is 1.66. The molecule has 1 aliphatic heterocycles. The Labute approximate surface area is 148 Å². The first kappa shape index (κ1) is 17.7. The third-order valence-electron chi connectivity index (χ3n) is 4.78. The third-order valence-corrected chi connectivity index (χ3v) is 4.78. The van der Waals surface area contributed by atoms with Gasteiger partial charge in [0.2, 0.25) is 11.3 Å². The molecule has 0 spiro atoms. The predicted molar refractivity (Wildman–Crippen MR) is 93.8 cm³/mol. The van der Waals surface area contributed by atoms with Crippen molar-refractivity contribution in [3.63, 3.8) is 0 Å². The number of amides is 2. The molecule has 1 fully saturated rings. The fourth-order valence-electron chi connectivity index (χ4n) is 3.05. The molecule has 3 rings (SSSR count). The Morgan fingerprint density at radius 3 is 2.73 bits per heavy atom. The van der Waals surface area contributed by atoms with Crippen molar-refractivity contribution in [2.75, 3.05) is 19.6 Å². The van der Waals surface area contributed by atoms with E-state index in [2.05, 4.69) is 10.3 Å². The van der Waals surface area contributed by atoms with Crippen LogP contribution in [0.15, 0.2) is 35.3 Å². The summed E-state index contributed by atoms with van der Waals surface area (Å²) in [6.45, 7) is 1.73. The number of pyridine rings is 1. The van der Waals surface area contributed by atoms with Gasteiger partial charge in [0.25, 0.3) is 5.91 Å². The van der Waals surface area contributed by atoms with Crippen molar-refractivity contribution in [1.82, 2.24) is 15.2 Å². The maximum absolute atomic E-state index is 12.4. The van der Waals surface area contributed by atoms with E-state index in [0.717, 1.165) is 0 Å². The summed E-state index contributed by atoms with van der Waals surface area (Å²) in [5.41, 5.74) is -0.831. The molecule has 0 saturated carbocycles. The number of carbonyl (C=O) groups is 3. The molecule has 1 atom stereocenters. The number of nitrogens with zero attached hydrogens (tertiary/aromatic N) is 1. The minimum absolute atomic E-state index is 0.0757. The molecule has 2 heterocycles. The van der Waals surface area contributed by atoms with E-state index in [-0.39, 0.29) is 24.6 Å². The molecular formula is C18H19N3O5. The van der Waals surface area contributed by atoms with Crippen molar-refractivity contribution in [1.29, 1.82) is 0 Å². The number of aromatic nitrogens is 1. The monoisotopic (exact) mass is 357 g/mol. The molecule has 0 bridgehead atoms. The molecule has 1 aliphatic rings. The average Bonchev–Trinajstić information content (AvgIpc) is 3.04. The van der Waals surface area contributed by atoms with Gasteiger partial charge in [-0.05, 0) is 25.5 Å². The van der Waals surface area contributed by atoms with Crippen LogP contribution in [-0.2, 0) is 9.59 Å². The van der Waals surface area contributed by atoms with E-state index < -0.39 is 22.7 Å². The van der Waals surface area contributed by atoms with Gasteiger partial charge in [0, 0.05) is 30.2 Å². The van der Waals surface area contributed by atoms with Crippen LogP contribution in [0.2, 0.25) is 0 Å². The lowest BCUT2D eigenvalue weighted by Crippen LogP contribution is -2.41. The first-order valence-electron chi connectivity index (χ1n) is 8.22. The number of likely N-dealkylation sites (tertiary alicyclic amines) is 1. The minimum atomic E-state index is -0.963. The molecule has 2 amide bonds. The first-order chi connectivity index (χ1) is 12.3. The maximum atomic E-state index is 12.4. The van der Waals surface area contributed by atoms with E-state index >= 15 is 0 Å². The summed E-state index contributed by atoms with van der Waals surface area (Å²) in [7, 11) is 0. The smallest absolute Gasteiger partial charge is 0.311 e. The third kappa shape index (κ3) is 3.17. The zero-order valence-electron chi connectivity index (χ0n) is 14.2. The summed E-state index contributed by atoms with van der Waals surface area (Å²) < 4.78 is 0. The second-order valence-corrected chi connectivity index (χ2v) is 6.69. The highest BCUT2D eigenvalue weighted by atomic mass is 16.4. The van der Waals surface area contributed by atoms with Crippen LogP contribution in [0.3, 0.4) is 0 Å². The summed E-state index contributed by atoms with van der Waals surface area (Å²) in [4.78, 5) is 52.4. The number of para-hydroxylation sites is 1.